The number of fused-ring (bicyclic) bond motifs is 1. The Morgan fingerprint density at radius 1 is 1.26 bits per heavy atom. The summed E-state index contributed by atoms with van der Waals surface area (Å²) in [4.78, 5) is 34.2. The third-order valence-corrected chi connectivity index (χ3v) is 7.02. The monoisotopic (exact) mass is 388 g/mol. The molecular weight excluding hydrogens is 360 g/mol. The molecule has 2 aliphatic heterocycles. The first-order valence-corrected chi connectivity index (χ1v) is 10.9. The van der Waals surface area contributed by atoms with Crippen LogP contribution in [0.1, 0.15) is 61.7 Å². The molecule has 0 aromatic carbocycles. The van der Waals surface area contributed by atoms with Gasteiger partial charge in [-0.05, 0) is 39.5 Å². The zero-order chi connectivity index (χ0) is 19.0. The van der Waals surface area contributed by atoms with Crippen LogP contribution < -0.4 is 0 Å². The topological polar surface area (TPSA) is 57.9 Å². The maximum atomic E-state index is 12.5. The van der Waals surface area contributed by atoms with Crippen molar-refractivity contribution >= 4 is 28.0 Å². The third-order valence-electron chi connectivity index (χ3n) is 5.95. The average molecular weight is 389 g/mol. The first-order chi connectivity index (χ1) is 13.0. The lowest BCUT2D eigenvalue weighted by Crippen LogP contribution is -2.38. The van der Waals surface area contributed by atoms with Gasteiger partial charge in [0.15, 0.2) is 0 Å². The fraction of sp³-hybridized carbons (Fsp3) is 0.650. The number of hydrogen-bond donors (Lipinski definition) is 0. The molecule has 6 nitrogen and oxygen atoms in total. The van der Waals surface area contributed by atoms with Crippen molar-refractivity contribution in [3.05, 3.63) is 22.6 Å². The number of piperidine rings is 1. The summed E-state index contributed by atoms with van der Waals surface area (Å²) in [6.45, 7) is 7.41. The highest BCUT2D eigenvalue weighted by atomic mass is 32.1. The Bertz CT molecular complexity index is 848. The third kappa shape index (κ3) is 3.61. The van der Waals surface area contributed by atoms with Crippen LogP contribution in [0.3, 0.4) is 0 Å². The summed E-state index contributed by atoms with van der Waals surface area (Å²) < 4.78 is 2.25. The largest absolute Gasteiger partial charge is 0.343 e. The summed E-state index contributed by atoms with van der Waals surface area (Å²) in [5.74, 6) is 1.98. The van der Waals surface area contributed by atoms with Crippen molar-refractivity contribution in [3.63, 3.8) is 0 Å². The molecule has 0 aliphatic carbocycles. The second-order valence-corrected chi connectivity index (χ2v) is 8.66. The summed E-state index contributed by atoms with van der Waals surface area (Å²) >= 11 is 1.77. The molecule has 0 bridgehead atoms. The quantitative estimate of drug-likeness (QED) is 0.791. The Labute approximate surface area is 164 Å². The number of imidazole rings is 1. The molecule has 2 fully saturated rings. The fourth-order valence-electron chi connectivity index (χ4n) is 4.44. The van der Waals surface area contributed by atoms with E-state index in [0.717, 1.165) is 57.7 Å². The number of aryl methyl sites for hydroxylation is 2. The molecule has 0 N–H and O–H groups in total. The Hall–Kier alpha value is -1.89. The number of aromatic nitrogens is 2. The molecule has 0 spiro atoms. The average Bonchev–Trinajstić information content (AvgIpc) is 3.34. The van der Waals surface area contributed by atoms with Crippen LogP contribution in [-0.2, 0) is 9.59 Å². The SMILES string of the molecule is Cc1csc2c(C3CCN(C(=O)CCCN4CCCC4=O)CC3)nc(C)n12. The highest BCUT2D eigenvalue weighted by Crippen LogP contribution is 2.34. The van der Waals surface area contributed by atoms with Gasteiger partial charge in [-0.2, -0.15) is 0 Å². The molecule has 7 heteroatoms. The van der Waals surface area contributed by atoms with Gasteiger partial charge < -0.3 is 9.80 Å². The molecule has 4 rings (SSSR count). The van der Waals surface area contributed by atoms with Crippen LogP contribution in [0, 0.1) is 13.8 Å². The number of thiazole rings is 1. The number of amides is 2. The molecule has 2 aromatic heterocycles. The van der Waals surface area contributed by atoms with Crippen molar-refractivity contribution in [2.75, 3.05) is 26.2 Å². The van der Waals surface area contributed by atoms with Crippen molar-refractivity contribution < 1.29 is 9.59 Å². The van der Waals surface area contributed by atoms with Crippen LogP contribution >= 0.6 is 11.3 Å². The molecule has 2 aromatic rings. The molecule has 2 aliphatic rings. The van der Waals surface area contributed by atoms with Crippen LogP contribution in [0.5, 0.6) is 0 Å². The van der Waals surface area contributed by atoms with Gasteiger partial charge in [0.25, 0.3) is 0 Å². The second-order valence-electron chi connectivity index (χ2n) is 7.80. The molecule has 2 saturated heterocycles. The highest BCUT2D eigenvalue weighted by molar-refractivity contribution is 7.15. The van der Waals surface area contributed by atoms with Gasteiger partial charge in [-0.1, -0.05) is 0 Å². The highest BCUT2D eigenvalue weighted by Gasteiger charge is 2.28. The van der Waals surface area contributed by atoms with Gasteiger partial charge in [0.1, 0.15) is 10.7 Å². The maximum Gasteiger partial charge on any atom is 0.222 e. The van der Waals surface area contributed by atoms with E-state index in [1.165, 1.54) is 16.2 Å². The van der Waals surface area contributed by atoms with Crippen molar-refractivity contribution in [1.29, 1.82) is 0 Å². The van der Waals surface area contributed by atoms with Gasteiger partial charge in [0.2, 0.25) is 11.8 Å². The Morgan fingerprint density at radius 2 is 2.04 bits per heavy atom. The standard InChI is InChI=1S/C20H28N4O2S/c1-14-13-27-20-19(21-15(2)24(14)20)16-7-11-23(12-8-16)18(26)6-4-10-22-9-3-5-17(22)25/h13,16H,3-12H2,1-2H3. The number of nitrogens with zero attached hydrogens (tertiary/aromatic N) is 4. The Morgan fingerprint density at radius 3 is 2.74 bits per heavy atom. The van der Waals surface area contributed by atoms with Crippen LogP contribution in [0.15, 0.2) is 5.38 Å². The Kier molecular flexibility index (Phi) is 5.21. The van der Waals surface area contributed by atoms with E-state index in [2.05, 4.69) is 23.6 Å². The zero-order valence-electron chi connectivity index (χ0n) is 16.2. The van der Waals surface area contributed by atoms with Crippen LogP contribution in [0.4, 0.5) is 0 Å². The van der Waals surface area contributed by atoms with Crippen LogP contribution in [-0.4, -0.2) is 57.2 Å². The van der Waals surface area contributed by atoms with Gasteiger partial charge in [-0.15, -0.1) is 11.3 Å². The summed E-state index contributed by atoms with van der Waals surface area (Å²) in [7, 11) is 0. The molecular formula is C20H28N4O2S. The molecule has 27 heavy (non-hydrogen) atoms. The minimum Gasteiger partial charge on any atom is -0.343 e. The first-order valence-electron chi connectivity index (χ1n) is 10.0. The smallest absolute Gasteiger partial charge is 0.222 e. The van der Waals surface area contributed by atoms with E-state index in [-0.39, 0.29) is 11.8 Å². The van der Waals surface area contributed by atoms with Crippen LogP contribution in [0.2, 0.25) is 0 Å². The number of carbonyl (C=O) groups excluding carboxylic acids is 2. The molecule has 146 valence electrons. The summed E-state index contributed by atoms with van der Waals surface area (Å²) in [5.41, 5.74) is 2.46. The lowest BCUT2D eigenvalue weighted by Gasteiger charge is -2.31. The van der Waals surface area contributed by atoms with E-state index in [1.807, 2.05) is 9.80 Å². The normalized spacial score (nSPS) is 18.8. The first kappa shape index (κ1) is 18.5. The van der Waals surface area contributed by atoms with Crippen LogP contribution in [0.25, 0.3) is 4.83 Å². The number of carbonyl (C=O) groups is 2. The number of rotatable bonds is 5. The Balaban J connectivity index is 1.29. The van der Waals surface area contributed by atoms with E-state index in [0.29, 0.717) is 18.8 Å². The van der Waals surface area contributed by atoms with Gasteiger partial charge in [0, 0.05) is 56.0 Å². The van der Waals surface area contributed by atoms with Crippen molar-refractivity contribution in [3.8, 4) is 0 Å². The number of likely N-dealkylation sites (tertiary alicyclic amines) is 2. The molecule has 4 heterocycles. The van der Waals surface area contributed by atoms with Gasteiger partial charge in [-0.25, -0.2) is 4.98 Å². The van der Waals surface area contributed by atoms with Gasteiger partial charge >= 0.3 is 0 Å². The van der Waals surface area contributed by atoms with Crippen molar-refractivity contribution in [2.24, 2.45) is 0 Å². The molecule has 2 amide bonds. The van der Waals surface area contributed by atoms with E-state index >= 15 is 0 Å². The summed E-state index contributed by atoms with van der Waals surface area (Å²) in [6.07, 6.45) is 4.93. The van der Waals surface area contributed by atoms with E-state index in [9.17, 15) is 9.59 Å². The minimum absolute atomic E-state index is 0.234. The molecule has 0 saturated carbocycles. The molecule has 0 unspecified atom stereocenters. The number of hydrogen-bond acceptors (Lipinski definition) is 4. The van der Waals surface area contributed by atoms with E-state index in [1.54, 1.807) is 11.3 Å². The summed E-state index contributed by atoms with van der Waals surface area (Å²) in [5, 5.41) is 2.19. The van der Waals surface area contributed by atoms with Gasteiger partial charge in [0.05, 0.1) is 5.69 Å². The fourth-order valence-corrected chi connectivity index (χ4v) is 5.55. The maximum absolute atomic E-state index is 12.5. The van der Waals surface area contributed by atoms with Crippen molar-refractivity contribution in [2.45, 2.75) is 58.3 Å². The lowest BCUT2D eigenvalue weighted by atomic mass is 9.94. The molecule has 0 atom stereocenters. The lowest BCUT2D eigenvalue weighted by molar-refractivity contribution is -0.133. The van der Waals surface area contributed by atoms with E-state index in [4.69, 9.17) is 4.98 Å². The van der Waals surface area contributed by atoms with E-state index < -0.39 is 0 Å². The van der Waals surface area contributed by atoms with Gasteiger partial charge in [-0.3, -0.25) is 14.0 Å². The molecule has 0 radical (unpaired) electrons. The second kappa shape index (κ2) is 7.62. The van der Waals surface area contributed by atoms with Crippen molar-refractivity contribution in [1.82, 2.24) is 19.2 Å². The summed E-state index contributed by atoms with van der Waals surface area (Å²) in [6, 6.07) is 0. The predicted octanol–water partition coefficient (Wildman–Crippen LogP) is 3.12. The minimum atomic E-state index is 0.234. The predicted molar refractivity (Wildman–Crippen MR) is 106 cm³/mol. The zero-order valence-corrected chi connectivity index (χ0v) is 17.1.